The minimum atomic E-state index is -0.911. The molecule has 3 N–H and O–H groups in total. The zero-order valence-corrected chi connectivity index (χ0v) is 16.8. The number of rotatable bonds is 8. The average molecular weight is 386 g/mol. The molecule has 28 heavy (non-hydrogen) atoms. The lowest BCUT2D eigenvalue weighted by Gasteiger charge is -2.28. The van der Waals surface area contributed by atoms with Gasteiger partial charge in [-0.3, -0.25) is 0 Å². The lowest BCUT2D eigenvalue weighted by Crippen LogP contribution is -2.47. The smallest absolute Gasteiger partial charge is 0.407 e. The lowest BCUT2D eigenvalue weighted by atomic mass is 9.95. The summed E-state index contributed by atoms with van der Waals surface area (Å²) in [5.74, 6) is 0. The van der Waals surface area contributed by atoms with Crippen molar-refractivity contribution in [3.63, 3.8) is 0 Å². The Kier molecular flexibility index (Phi) is 8.03. The highest BCUT2D eigenvalue weighted by molar-refractivity contribution is 5.68. The normalized spacial score (nSPS) is 14.8. The Morgan fingerprint density at radius 2 is 1.43 bits per heavy atom. The molecule has 5 nitrogen and oxygen atoms in total. The van der Waals surface area contributed by atoms with Crippen molar-refractivity contribution in [2.24, 2.45) is 0 Å². The number of hydrogen-bond acceptors (Lipinski definition) is 4. The standard InChI is InChI=1S/C23H31NO4/c1-23(2,3)28-22(27)24-20(15-18-12-8-5-9-13-18)21(26)16-19(25)14-17-10-6-4-7-11-17/h4-13,19-21,25-26H,14-16H2,1-3H3,(H,24,27)/t19-,20+,21-/m1/s1. The summed E-state index contributed by atoms with van der Waals surface area (Å²) in [5.41, 5.74) is 1.36. The highest BCUT2D eigenvalue weighted by Crippen LogP contribution is 2.15. The molecular formula is C23H31NO4. The first-order valence-corrected chi connectivity index (χ1v) is 9.66. The van der Waals surface area contributed by atoms with Crippen molar-refractivity contribution in [2.45, 2.75) is 63.9 Å². The fourth-order valence-corrected chi connectivity index (χ4v) is 3.02. The van der Waals surface area contributed by atoms with Crippen molar-refractivity contribution in [3.05, 3.63) is 71.8 Å². The maximum absolute atomic E-state index is 12.2. The SMILES string of the molecule is CC(C)(C)OC(=O)N[C@@H](Cc1ccccc1)[C@H](O)C[C@H](O)Cc1ccccc1. The molecule has 0 aliphatic rings. The molecule has 2 rings (SSSR count). The van der Waals surface area contributed by atoms with E-state index in [2.05, 4.69) is 5.32 Å². The molecule has 152 valence electrons. The van der Waals surface area contributed by atoms with Gasteiger partial charge in [-0.15, -0.1) is 0 Å². The van der Waals surface area contributed by atoms with Crippen LogP contribution in [-0.2, 0) is 17.6 Å². The second kappa shape index (κ2) is 10.2. The first-order valence-electron chi connectivity index (χ1n) is 9.66. The molecule has 0 heterocycles. The van der Waals surface area contributed by atoms with Gasteiger partial charge in [0.25, 0.3) is 0 Å². The third-order valence-electron chi connectivity index (χ3n) is 4.29. The third kappa shape index (κ3) is 8.11. The van der Waals surface area contributed by atoms with Gasteiger partial charge in [0.1, 0.15) is 5.60 Å². The minimum Gasteiger partial charge on any atom is -0.444 e. The summed E-state index contributed by atoms with van der Waals surface area (Å²) in [6.45, 7) is 5.37. The fourth-order valence-electron chi connectivity index (χ4n) is 3.02. The number of ether oxygens (including phenoxy) is 1. The Labute approximate surface area is 167 Å². The van der Waals surface area contributed by atoms with Crippen LogP contribution in [0.1, 0.15) is 38.3 Å². The quantitative estimate of drug-likeness (QED) is 0.650. The maximum Gasteiger partial charge on any atom is 0.407 e. The van der Waals surface area contributed by atoms with E-state index in [0.717, 1.165) is 11.1 Å². The van der Waals surface area contributed by atoms with Crippen LogP contribution in [0.15, 0.2) is 60.7 Å². The fraction of sp³-hybridized carbons (Fsp3) is 0.435. The van der Waals surface area contributed by atoms with Gasteiger partial charge in [0.2, 0.25) is 0 Å². The molecule has 0 fully saturated rings. The number of hydrogen-bond donors (Lipinski definition) is 3. The van der Waals surface area contributed by atoms with Gasteiger partial charge < -0.3 is 20.3 Å². The Morgan fingerprint density at radius 1 is 0.929 bits per heavy atom. The summed E-state index contributed by atoms with van der Waals surface area (Å²) in [5, 5.41) is 23.9. The van der Waals surface area contributed by atoms with Crippen LogP contribution in [0.5, 0.6) is 0 Å². The molecule has 0 aliphatic carbocycles. The maximum atomic E-state index is 12.2. The highest BCUT2D eigenvalue weighted by atomic mass is 16.6. The average Bonchev–Trinajstić information content (AvgIpc) is 2.61. The zero-order valence-electron chi connectivity index (χ0n) is 16.8. The first kappa shape index (κ1) is 21.9. The second-order valence-electron chi connectivity index (χ2n) is 8.09. The van der Waals surface area contributed by atoms with Crippen molar-refractivity contribution >= 4 is 6.09 Å². The first-order chi connectivity index (χ1) is 13.2. The van der Waals surface area contributed by atoms with Crippen molar-refractivity contribution in [1.29, 1.82) is 0 Å². The van der Waals surface area contributed by atoms with Crippen LogP contribution >= 0.6 is 0 Å². The van der Waals surface area contributed by atoms with E-state index in [1.807, 2.05) is 60.7 Å². The molecular weight excluding hydrogens is 354 g/mol. The molecule has 0 spiro atoms. The van der Waals surface area contributed by atoms with Crippen LogP contribution in [0.25, 0.3) is 0 Å². The van der Waals surface area contributed by atoms with E-state index in [0.29, 0.717) is 12.8 Å². The third-order valence-corrected chi connectivity index (χ3v) is 4.29. The van der Waals surface area contributed by atoms with Gasteiger partial charge in [-0.2, -0.15) is 0 Å². The predicted molar refractivity (Wildman–Crippen MR) is 110 cm³/mol. The Balaban J connectivity index is 2.02. The van der Waals surface area contributed by atoms with Gasteiger partial charge in [-0.05, 0) is 44.7 Å². The van der Waals surface area contributed by atoms with E-state index >= 15 is 0 Å². The summed E-state index contributed by atoms with van der Waals surface area (Å²) in [6, 6.07) is 18.7. The Morgan fingerprint density at radius 3 is 1.93 bits per heavy atom. The minimum absolute atomic E-state index is 0.155. The highest BCUT2D eigenvalue weighted by Gasteiger charge is 2.26. The molecule has 0 saturated carbocycles. The van der Waals surface area contributed by atoms with Crippen LogP contribution in [-0.4, -0.2) is 40.2 Å². The van der Waals surface area contributed by atoms with Crippen LogP contribution in [0, 0.1) is 0 Å². The largest absolute Gasteiger partial charge is 0.444 e. The number of alkyl carbamates (subject to hydrolysis) is 1. The van der Waals surface area contributed by atoms with Crippen molar-refractivity contribution in [3.8, 4) is 0 Å². The number of amides is 1. The molecule has 0 bridgehead atoms. The molecule has 0 unspecified atom stereocenters. The summed E-state index contributed by atoms with van der Waals surface area (Å²) in [4.78, 5) is 12.2. The number of aliphatic hydroxyl groups excluding tert-OH is 2. The predicted octanol–water partition coefficient (Wildman–Crippen LogP) is 3.48. The van der Waals surface area contributed by atoms with Gasteiger partial charge in [0.15, 0.2) is 0 Å². The van der Waals surface area contributed by atoms with Crippen LogP contribution in [0.4, 0.5) is 4.79 Å². The van der Waals surface area contributed by atoms with Gasteiger partial charge >= 0.3 is 6.09 Å². The van der Waals surface area contributed by atoms with Crippen molar-refractivity contribution in [2.75, 3.05) is 0 Å². The van der Waals surface area contributed by atoms with Gasteiger partial charge in [-0.1, -0.05) is 60.7 Å². The monoisotopic (exact) mass is 385 g/mol. The molecule has 2 aromatic rings. The second-order valence-corrected chi connectivity index (χ2v) is 8.09. The summed E-state index contributed by atoms with van der Waals surface area (Å²) >= 11 is 0. The van der Waals surface area contributed by atoms with Crippen molar-refractivity contribution in [1.82, 2.24) is 5.32 Å². The molecule has 0 aromatic heterocycles. The van der Waals surface area contributed by atoms with Gasteiger partial charge in [0, 0.05) is 6.42 Å². The summed E-state index contributed by atoms with van der Waals surface area (Å²) in [7, 11) is 0. The zero-order chi connectivity index (χ0) is 20.6. The number of nitrogens with one attached hydrogen (secondary N) is 1. The number of carbonyl (C=O) groups is 1. The van der Waals surface area contributed by atoms with Crippen LogP contribution < -0.4 is 5.32 Å². The molecule has 0 radical (unpaired) electrons. The molecule has 1 amide bonds. The summed E-state index contributed by atoms with van der Waals surface area (Å²) in [6.07, 6.45) is -1.16. The molecule has 0 saturated heterocycles. The Hall–Kier alpha value is -2.37. The van der Waals surface area contributed by atoms with Gasteiger partial charge in [0.05, 0.1) is 18.2 Å². The van der Waals surface area contributed by atoms with E-state index in [9.17, 15) is 15.0 Å². The molecule has 5 heteroatoms. The van der Waals surface area contributed by atoms with E-state index in [1.54, 1.807) is 20.8 Å². The number of aliphatic hydroxyl groups is 2. The lowest BCUT2D eigenvalue weighted by molar-refractivity contribution is 0.0308. The van der Waals surface area contributed by atoms with E-state index in [-0.39, 0.29) is 6.42 Å². The van der Waals surface area contributed by atoms with E-state index < -0.39 is 29.9 Å². The van der Waals surface area contributed by atoms with Crippen molar-refractivity contribution < 1.29 is 19.7 Å². The molecule has 3 atom stereocenters. The molecule has 0 aliphatic heterocycles. The van der Waals surface area contributed by atoms with Crippen LogP contribution in [0.2, 0.25) is 0 Å². The topological polar surface area (TPSA) is 78.8 Å². The summed E-state index contributed by atoms with van der Waals surface area (Å²) < 4.78 is 5.33. The molecule has 2 aromatic carbocycles. The van der Waals surface area contributed by atoms with E-state index in [1.165, 1.54) is 0 Å². The number of benzene rings is 2. The number of carbonyl (C=O) groups excluding carboxylic acids is 1. The van der Waals surface area contributed by atoms with Gasteiger partial charge in [-0.25, -0.2) is 4.79 Å². The van der Waals surface area contributed by atoms with Crippen LogP contribution in [0.3, 0.4) is 0 Å². The van der Waals surface area contributed by atoms with E-state index in [4.69, 9.17) is 4.74 Å². The Bertz CT molecular complexity index is 712.